The van der Waals surface area contributed by atoms with Gasteiger partial charge in [0.1, 0.15) is 17.4 Å². The monoisotopic (exact) mass is 670 g/mol. The van der Waals surface area contributed by atoms with E-state index in [1.54, 1.807) is 6.07 Å². The number of benzene rings is 3. The van der Waals surface area contributed by atoms with Gasteiger partial charge in [-0.15, -0.1) is 0 Å². The van der Waals surface area contributed by atoms with Crippen LogP contribution in [0.5, 0.6) is 0 Å². The van der Waals surface area contributed by atoms with Crippen LogP contribution in [0.2, 0.25) is 0 Å². The average molecular weight is 671 g/mol. The van der Waals surface area contributed by atoms with Crippen molar-refractivity contribution in [2.75, 3.05) is 31.1 Å². The SMILES string of the molecule is O=C(/C=C(/O)c1cc(Cc2cc(F)cc(F)c2F)cn(Cc2cccc(F)c2)c1=O)C(=O)N1CCN(c2ccc(-n3cccc3)cc2)CC1. The molecule has 49 heavy (non-hydrogen) atoms. The van der Waals surface area contributed by atoms with Crippen LogP contribution in [-0.2, 0) is 22.6 Å². The zero-order valence-electron chi connectivity index (χ0n) is 26.0. The summed E-state index contributed by atoms with van der Waals surface area (Å²) in [4.78, 5) is 43.0. The number of hydrogen-bond donors (Lipinski definition) is 1. The molecule has 6 rings (SSSR count). The van der Waals surface area contributed by atoms with Crippen LogP contribution >= 0.6 is 0 Å². The van der Waals surface area contributed by atoms with Gasteiger partial charge in [0.15, 0.2) is 11.6 Å². The van der Waals surface area contributed by atoms with E-state index in [-0.39, 0.29) is 30.8 Å². The highest BCUT2D eigenvalue weighted by Gasteiger charge is 2.26. The van der Waals surface area contributed by atoms with E-state index in [2.05, 4.69) is 4.90 Å². The summed E-state index contributed by atoms with van der Waals surface area (Å²) in [6, 6.07) is 19.5. The second kappa shape index (κ2) is 14.1. The Morgan fingerprint density at radius 2 is 1.47 bits per heavy atom. The van der Waals surface area contributed by atoms with E-state index >= 15 is 0 Å². The number of pyridine rings is 1. The van der Waals surface area contributed by atoms with Gasteiger partial charge in [0.25, 0.3) is 11.5 Å². The number of hydrogen-bond acceptors (Lipinski definition) is 5. The van der Waals surface area contributed by atoms with Gasteiger partial charge < -0.3 is 24.0 Å². The third kappa shape index (κ3) is 7.48. The van der Waals surface area contributed by atoms with Crippen molar-refractivity contribution in [1.82, 2.24) is 14.0 Å². The number of nitrogens with zero attached hydrogens (tertiary/aromatic N) is 4. The van der Waals surface area contributed by atoms with Crippen molar-refractivity contribution in [3.8, 4) is 5.69 Å². The van der Waals surface area contributed by atoms with E-state index in [1.165, 1.54) is 29.3 Å². The standard InChI is InChI=1S/C37H30F4N4O4/c38-27-5-3-4-24(17-27)22-45-23-25(16-26-19-28(39)20-32(40)35(26)41)18-31(36(45)48)33(46)21-34(47)37(49)44-14-12-43(13-15-44)30-8-6-29(7-9-30)42-10-1-2-11-42/h1-11,17-21,23,46H,12-16,22H2/b33-21+. The van der Waals surface area contributed by atoms with E-state index in [0.717, 1.165) is 28.1 Å². The minimum absolute atomic E-state index is 0.145. The minimum atomic E-state index is -1.40. The summed E-state index contributed by atoms with van der Waals surface area (Å²) in [5, 5.41) is 11.0. The smallest absolute Gasteiger partial charge is 0.294 e. The second-order valence-corrected chi connectivity index (χ2v) is 11.6. The molecule has 3 aromatic carbocycles. The number of ketones is 1. The highest BCUT2D eigenvalue weighted by atomic mass is 19.2. The molecule has 0 saturated carbocycles. The summed E-state index contributed by atoms with van der Waals surface area (Å²) in [7, 11) is 0. The van der Waals surface area contributed by atoms with Crippen LogP contribution in [0.3, 0.4) is 0 Å². The number of amides is 1. The number of carbonyl (C=O) groups is 2. The third-order valence-electron chi connectivity index (χ3n) is 8.29. The van der Waals surface area contributed by atoms with Crippen LogP contribution < -0.4 is 10.5 Å². The Morgan fingerprint density at radius 1 is 0.776 bits per heavy atom. The topological polar surface area (TPSA) is 87.8 Å². The fraction of sp³-hybridized carbons (Fsp3) is 0.162. The molecule has 0 radical (unpaired) electrons. The van der Waals surface area contributed by atoms with Gasteiger partial charge in [-0.05, 0) is 77.4 Å². The lowest BCUT2D eigenvalue weighted by Gasteiger charge is -2.35. The first-order valence-corrected chi connectivity index (χ1v) is 15.4. The van der Waals surface area contributed by atoms with Crippen molar-refractivity contribution in [3.05, 3.63) is 159 Å². The van der Waals surface area contributed by atoms with Crippen LogP contribution in [0.4, 0.5) is 23.2 Å². The number of piperazine rings is 1. The van der Waals surface area contributed by atoms with Crippen molar-refractivity contribution in [3.63, 3.8) is 0 Å². The van der Waals surface area contributed by atoms with Crippen molar-refractivity contribution >= 4 is 23.1 Å². The summed E-state index contributed by atoms with van der Waals surface area (Å²) in [6.45, 7) is 1.22. The molecule has 0 bridgehead atoms. The Hall–Kier alpha value is -5.91. The molecule has 12 heteroatoms. The molecule has 0 spiro atoms. The Morgan fingerprint density at radius 3 is 2.16 bits per heavy atom. The number of anilines is 1. The third-order valence-corrected chi connectivity index (χ3v) is 8.29. The minimum Gasteiger partial charge on any atom is -0.507 e. The molecule has 1 N–H and O–H groups in total. The van der Waals surface area contributed by atoms with Gasteiger partial charge in [-0.1, -0.05) is 12.1 Å². The van der Waals surface area contributed by atoms with Crippen molar-refractivity contribution in [2.24, 2.45) is 0 Å². The molecule has 5 aromatic rings. The van der Waals surface area contributed by atoms with Crippen LogP contribution in [0.15, 0.2) is 108 Å². The van der Waals surface area contributed by atoms with Crippen LogP contribution in [0, 0.1) is 23.3 Å². The summed E-state index contributed by atoms with van der Waals surface area (Å²) in [5.41, 5.74) is 0.906. The molecule has 1 fully saturated rings. The highest BCUT2D eigenvalue weighted by Crippen LogP contribution is 2.22. The van der Waals surface area contributed by atoms with Crippen molar-refractivity contribution < 1.29 is 32.3 Å². The van der Waals surface area contributed by atoms with E-state index in [4.69, 9.17) is 0 Å². The second-order valence-electron chi connectivity index (χ2n) is 11.6. The van der Waals surface area contributed by atoms with E-state index in [1.807, 2.05) is 53.4 Å². The van der Waals surface area contributed by atoms with Crippen LogP contribution in [0.1, 0.15) is 22.3 Å². The van der Waals surface area contributed by atoms with Crippen molar-refractivity contribution in [2.45, 2.75) is 13.0 Å². The first-order chi connectivity index (χ1) is 23.5. The Labute approximate surface area is 278 Å². The Balaban J connectivity index is 1.20. The summed E-state index contributed by atoms with van der Waals surface area (Å²) in [5.74, 6) is -7.03. The summed E-state index contributed by atoms with van der Waals surface area (Å²) >= 11 is 0. The Bertz CT molecular complexity index is 2100. The maximum Gasteiger partial charge on any atom is 0.294 e. The molecular weight excluding hydrogens is 640 g/mol. The van der Waals surface area contributed by atoms with E-state index in [0.29, 0.717) is 30.8 Å². The fourth-order valence-electron chi connectivity index (χ4n) is 5.81. The van der Waals surface area contributed by atoms with Gasteiger partial charge in [0.05, 0.1) is 12.1 Å². The molecule has 0 atom stereocenters. The molecule has 250 valence electrons. The normalized spacial score (nSPS) is 13.5. The molecule has 1 aliphatic rings. The number of aliphatic hydroxyl groups is 1. The molecule has 2 aromatic heterocycles. The molecule has 1 amide bonds. The number of halogens is 4. The van der Waals surface area contributed by atoms with Gasteiger partial charge in [-0.3, -0.25) is 14.4 Å². The summed E-state index contributed by atoms with van der Waals surface area (Å²) in [6.07, 6.45) is 5.42. The van der Waals surface area contributed by atoms with Crippen LogP contribution in [0.25, 0.3) is 11.4 Å². The maximum atomic E-state index is 14.5. The predicted octanol–water partition coefficient (Wildman–Crippen LogP) is 5.65. The first kappa shape index (κ1) is 33.0. The number of rotatable bonds is 9. The molecule has 1 saturated heterocycles. The molecular formula is C37H30F4N4O4. The summed E-state index contributed by atoms with van der Waals surface area (Å²) < 4.78 is 59.3. The zero-order valence-corrected chi connectivity index (χ0v) is 26.0. The molecule has 3 heterocycles. The highest BCUT2D eigenvalue weighted by molar-refractivity contribution is 6.41. The van der Waals surface area contributed by atoms with Gasteiger partial charge >= 0.3 is 0 Å². The lowest BCUT2D eigenvalue weighted by molar-refractivity contribution is -0.142. The molecule has 8 nitrogen and oxygen atoms in total. The molecule has 0 unspecified atom stereocenters. The zero-order chi connectivity index (χ0) is 34.7. The van der Waals surface area contributed by atoms with Gasteiger partial charge in [0, 0.05) is 74.7 Å². The number of aromatic nitrogens is 2. The average Bonchev–Trinajstić information content (AvgIpc) is 3.63. The maximum absolute atomic E-state index is 14.5. The van der Waals surface area contributed by atoms with Gasteiger partial charge in [0.2, 0.25) is 5.78 Å². The largest absolute Gasteiger partial charge is 0.507 e. The number of carbonyl (C=O) groups excluding carboxylic acids is 2. The molecule has 1 aliphatic heterocycles. The predicted molar refractivity (Wildman–Crippen MR) is 176 cm³/mol. The van der Waals surface area contributed by atoms with E-state index in [9.17, 15) is 37.1 Å². The fourth-order valence-corrected chi connectivity index (χ4v) is 5.81. The first-order valence-electron chi connectivity index (χ1n) is 15.4. The van der Waals surface area contributed by atoms with Gasteiger partial charge in [-0.2, -0.15) is 0 Å². The van der Waals surface area contributed by atoms with Crippen molar-refractivity contribution in [1.29, 1.82) is 0 Å². The van der Waals surface area contributed by atoms with Crippen LogP contribution in [-0.4, -0.2) is 57.0 Å². The molecule has 0 aliphatic carbocycles. The van der Waals surface area contributed by atoms with E-state index < -0.39 is 58.3 Å². The Kier molecular flexibility index (Phi) is 9.47. The number of aliphatic hydroxyl groups excluding tert-OH is 1. The van der Waals surface area contributed by atoms with Gasteiger partial charge in [-0.25, -0.2) is 17.6 Å². The lowest BCUT2D eigenvalue weighted by atomic mass is 10.0. The quantitative estimate of drug-likeness (QED) is 0.0721. The lowest BCUT2D eigenvalue weighted by Crippen LogP contribution is -2.50.